The average molecular weight is 464 g/mol. The monoisotopic (exact) mass is 463 g/mol. The van der Waals surface area contributed by atoms with Crippen molar-refractivity contribution in [3.05, 3.63) is 86.5 Å². The number of amides is 1. The van der Waals surface area contributed by atoms with Gasteiger partial charge in [-0.15, -0.1) is 0 Å². The number of hydrogen-bond donors (Lipinski definition) is 0. The molecule has 152 valence electrons. The minimum absolute atomic E-state index is 0.0161. The van der Waals surface area contributed by atoms with Gasteiger partial charge in [0.05, 0.1) is 18.3 Å². The zero-order chi connectivity index (χ0) is 21.4. The number of nitrogens with zero attached hydrogens (tertiary/aromatic N) is 5. The van der Waals surface area contributed by atoms with E-state index in [0.29, 0.717) is 18.8 Å². The SMILES string of the molecule is [C-]#[N+]c1cnc(C(C)N2CCc3c(Br)cc(Cn4ccnc4C)cc3C2=O)cc1C. The molecule has 7 heteroatoms. The molecule has 3 aromatic rings. The lowest BCUT2D eigenvalue weighted by Crippen LogP contribution is -2.40. The molecule has 1 amide bonds. The van der Waals surface area contributed by atoms with E-state index in [0.717, 1.165) is 44.7 Å². The van der Waals surface area contributed by atoms with Crippen molar-refractivity contribution in [2.24, 2.45) is 0 Å². The van der Waals surface area contributed by atoms with Crippen molar-refractivity contribution in [1.82, 2.24) is 19.4 Å². The molecule has 2 aromatic heterocycles. The fourth-order valence-electron chi connectivity index (χ4n) is 3.93. The number of halogens is 1. The van der Waals surface area contributed by atoms with Crippen LogP contribution in [0.2, 0.25) is 0 Å². The second-order valence-electron chi connectivity index (χ2n) is 7.64. The number of carbonyl (C=O) groups excluding carboxylic acids is 1. The van der Waals surface area contributed by atoms with Gasteiger partial charge in [-0.3, -0.25) is 9.78 Å². The van der Waals surface area contributed by atoms with Crippen LogP contribution in [-0.4, -0.2) is 31.9 Å². The summed E-state index contributed by atoms with van der Waals surface area (Å²) in [6.45, 7) is 14.4. The van der Waals surface area contributed by atoms with Crippen molar-refractivity contribution in [3.63, 3.8) is 0 Å². The van der Waals surface area contributed by atoms with Gasteiger partial charge in [0.1, 0.15) is 5.82 Å². The van der Waals surface area contributed by atoms with Gasteiger partial charge in [0.25, 0.3) is 5.91 Å². The quantitative estimate of drug-likeness (QED) is 0.510. The standard InChI is InChI=1S/C23H22BrN5O/c1-14-9-21(27-12-22(14)25-4)15(2)29-7-5-18-19(23(29)30)10-17(11-20(18)24)13-28-8-6-26-16(28)3/h6,8-12,15H,5,7,13H2,1-3H3. The third kappa shape index (κ3) is 3.63. The van der Waals surface area contributed by atoms with Crippen molar-refractivity contribution >= 4 is 27.5 Å². The molecule has 0 spiro atoms. The Morgan fingerprint density at radius 2 is 2.07 bits per heavy atom. The fraction of sp³-hybridized carbons (Fsp3) is 0.304. The first-order valence-corrected chi connectivity index (χ1v) is 10.6. The highest BCUT2D eigenvalue weighted by Crippen LogP contribution is 2.33. The summed E-state index contributed by atoms with van der Waals surface area (Å²) in [5, 5.41) is 0. The molecule has 1 atom stereocenters. The van der Waals surface area contributed by atoms with Gasteiger partial charge in [0.2, 0.25) is 5.69 Å². The lowest BCUT2D eigenvalue weighted by Gasteiger charge is -2.34. The maximum Gasteiger partial charge on any atom is 0.254 e. The number of aryl methyl sites for hydroxylation is 2. The van der Waals surface area contributed by atoms with Crippen molar-refractivity contribution in [2.75, 3.05) is 6.54 Å². The fourth-order valence-corrected chi connectivity index (χ4v) is 4.64. The van der Waals surface area contributed by atoms with E-state index in [1.165, 1.54) is 0 Å². The molecule has 0 saturated heterocycles. The minimum atomic E-state index is -0.164. The molecule has 3 heterocycles. The van der Waals surface area contributed by atoms with Gasteiger partial charge >= 0.3 is 0 Å². The zero-order valence-corrected chi connectivity index (χ0v) is 18.8. The largest absolute Gasteiger partial charge is 0.331 e. The molecular weight excluding hydrogens is 442 g/mol. The summed E-state index contributed by atoms with van der Waals surface area (Å²) < 4.78 is 3.04. The summed E-state index contributed by atoms with van der Waals surface area (Å²) in [5.74, 6) is 0.956. The maximum atomic E-state index is 13.4. The van der Waals surface area contributed by atoms with Crippen molar-refractivity contribution < 1.29 is 4.79 Å². The molecule has 0 saturated carbocycles. The second-order valence-corrected chi connectivity index (χ2v) is 8.49. The summed E-state index contributed by atoms with van der Waals surface area (Å²) in [5.41, 5.74) is 5.09. The van der Waals surface area contributed by atoms with Gasteiger partial charge < -0.3 is 9.47 Å². The smallest absolute Gasteiger partial charge is 0.254 e. The average Bonchev–Trinajstić information content (AvgIpc) is 3.12. The molecule has 0 N–H and O–H groups in total. The Morgan fingerprint density at radius 1 is 1.27 bits per heavy atom. The zero-order valence-electron chi connectivity index (χ0n) is 17.2. The Kier molecular flexibility index (Phi) is 5.44. The van der Waals surface area contributed by atoms with E-state index >= 15 is 0 Å². The van der Waals surface area contributed by atoms with E-state index in [2.05, 4.69) is 41.4 Å². The first-order chi connectivity index (χ1) is 14.4. The van der Waals surface area contributed by atoms with Crippen LogP contribution in [0.3, 0.4) is 0 Å². The van der Waals surface area contributed by atoms with Gasteiger partial charge in [-0.1, -0.05) is 15.9 Å². The van der Waals surface area contributed by atoms with E-state index in [1.807, 2.05) is 44.0 Å². The van der Waals surface area contributed by atoms with Gasteiger partial charge in [-0.25, -0.2) is 9.83 Å². The summed E-state index contributed by atoms with van der Waals surface area (Å²) in [4.78, 5) is 27.5. The Bertz CT molecular complexity index is 1180. The number of imidazole rings is 1. The van der Waals surface area contributed by atoms with Crippen molar-refractivity contribution in [3.8, 4) is 0 Å². The molecule has 0 bridgehead atoms. The molecule has 1 aliphatic heterocycles. The molecule has 4 rings (SSSR count). The predicted molar refractivity (Wildman–Crippen MR) is 119 cm³/mol. The maximum absolute atomic E-state index is 13.4. The molecule has 0 aliphatic carbocycles. The number of fused-ring (bicyclic) bond motifs is 1. The number of hydrogen-bond acceptors (Lipinski definition) is 3. The molecule has 1 unspecified atom stereocenters. The Morgan fingerprint density at radius 3 is 2.73 bits per heavy atom. The van der Waals surface area contributed by atoms with Crippen molar-refractivity contribution in [1.29, 1.82) is 0 Å². The van der Waals surface area contributed by atoms with Crippen LogP contribution in [-0.2, 0) is 13.0 Å². The van der Waals surface area contributed by atoms with Gasteiger partial charge in [-0.2, -0.15) is 0 Å². The minimum Gasteiger partial charge on any atom is -0.331 e. The highest BCUT2D eigenvalue weighted by Gasteiger charge is 2.31. The Labute approximate surface area is 184 Å². The second kappa shape index (κ2) is 8.04. The third-order valence-electron chi connectivity index (χ3n) is 5.75. The van der Waals surface area contributed by atoms with Gasteiger partial charge in [-0.05, 0) is 62.1 Å². The molecule has 0 radical (unpaired) electrons. The molecular formula is C23H22BrN5O. The van der Waals surface area contributed by atoms with Crippen LogP contribution in [0.1, 0.15) is 51.5 Å². The van der Waals surface area contributed by atoms with Crippen LogP contribution in [0.15, 0.2) is 41.3 Å². The topological polar surface area (TPSA) is 55.4 Å². The molecule has 6 nitrogen and oxygen atoms in total. The van der Waals surface area contributed by atoms with Crippen LogP contribution in [0, 0.1) is 20.4 Å². The van der Waals surface area contributed by atoms with Gasteiger partial charge in [0, 0.05) is 41.7 Å². The molecule has 30 heavy (non-hydrogen) atoms. The summed E-state index contributed by atoms with van der Waals surface area (Å²) >= 11 is 3.67. The van der Waals surface area contributed by atoms with Crippen LogP contribution >= 0.6 is 15.9 Å². The normalized spacial score (nSPS) is 14.4. The Balaban J connectivity index is 1.64. The number of aromatic nitrogens is 3. The van der Waals surface area contributed by atoms with Crippen molar-refractivity contribution in [2.45, 2.75) is 39.8 Å². The number of pyridine rings is 1. The Hall–Kier alpha value is -2.98. The first-order valence-electron chi connectivity index (χ1n) is 9.83. The van der Waals surface area contributed by atoms with E-state index in [4.69, 9.17) is 6.57 Å². The third-order valence-corrected chi connectivity index (χ3v) is 6.45. The van der Waals surface area contributed by atoms with Gasteiger partial charge in [0.15, 0.2) is 0 Å². The van der Waals surface area contributed by atoms with Crippen LogP contribution in [0.4, 0.5) is 5.69 Å². The number of benzene rings is 1. The first kappa shape index (κ1) is 20.3. The summed E-state index contributed by atoms with van der Waals surface area (Å²) in [6.07, 6.45) is 6.11. The lowest BCUT2D eigenvalue weighted by molar-refractivity contribution is 0.0668. The van der Waals surface area contributed by atoms with Crippen LogP contribution < -0.4 is 0 Å². The summed E-state index contributed by atoms with van der Waals surface area (Å²) in [6, 6.07) is 5.84. The lowest BCUT2D eigenvalue weighted by atomic mass is 9.95. The molecule has 1 aliphatic rings. The van der Waals surface area contributed by atoms with E-state index in [9.17, 15) is 4.79 Å². The molecule has 1 aromatic carbocycles. The highest BCUT2D eigenvalue weighted by molar-refractivity contribution is 9.10. The molecule has 0 fully saturated rings. The number of rotatable bonds is 4. The number of carbonyl (C=O) groups is 1. The van der Waals surface area contributed by atoms with Crippen LogP contribution in [0.5, 0.6) is 0 Å². The van der Waals surface area contributed by atoms with E-state index in [-0.39, 0.29) is 11.9 Å². The van der Waals surface area contributed by atoms with Crippen LogP contribution in [0.25, 0.3) is 4.85 Å². The van der Waals surface area contributed by atoms with E-state index in [1.54, 1.807) is 12.4 Å². The predicted octanol–water partition coefficient (Wildman–Crippen LogP) is 5.02. The highest BCUT2D eigenvalue weighted by atomic mass is 79.9. The summed E-state index contributed by atoms with van der Waals surface area (Å²) in [7, 11) is 0. The van der Waals surface area contributed by atoms with E-state index < -0.39 is 0 Å².